The molecule has 0 heterocycles. The van der Waals surface area contributed by atoms with Gasteiger partial charge in [-0.25, -0.2) is 0 Å². The molecule has 0 aliphatic rings. The van der Waals surface area contributed by atoms with Crippen molar-refractivity contribution in [1.82, 2.24) is 0 Å². The van der Waals surface area contributed by atoms with Gasteiger partial charge in [0, 0.05) is 0 Å². The van der Waals surface area contributed by atoms with E-state index in [-0.39, 0.29) is 0 Å². The lowest BCUT2D eigenvalue weighted by atomic mass is 10.2. The summed E-state index contributed by atoms with van der Waals surface area (Å²) in [5.41, 5.74) is 0.887. The van der Waals surface area contributed by atoms with E-state index in [4.69, 9.17) is 5.11 Å². The van der Waals surface area contributed by atoms with Crippen LogP contribution in [0.3, 0.4) is 0 Å². The monoisotopic (exact) mass is 121 g/mol. The molecule has 0 aliphatic heterocycles. The van der Waals surface area contributed by atoms with E-state index < -0.39 is 0 Å². The van der Waals surface area contributed by atoms with Crippen LogP contribution in [0, 0.1) is 0 Å². The van der Waals surface area contributed by atoms with Gasteiger partial charge in [0.1, 0.15) is 0 Å². The molecule has 0 aromatic heterocycles. The average molecular weight is 121 g/mol. The van der Waals surface area contributed by atoms with Crippen molar-refractivity contribution >= 4 is 5.76 Å². The molecule has 1 aromatic carbocycles. The SMILES string of the molecule is C=C([OH2+])c1ccccc1. The Morgan fingerprint density at radius 2 is 1.78 bits per heavy atom. The Morgan fingerprint density at radius 3 is 2.11 bits per heavy atom. The van der Waals surface area contributed by atoms with Crippen molar-refractivity contribution in [3.05, 3.63) is 42.5 Å². The molecule has 9 heavy (non-hydrogen) atoms. The van der Waals surface area contributed by atoms with Gasteiger partial charge in [-0.15, -0.1) is 0 Å². The Hall–Kier alpha value is -1.24. The van der Waals surface area contributed by atoms with E-state index in [9.17, 15) is 0 Å². The second-order valence-electron chi connectivity index (χ2n) is 1.84. The predicted molar refractivity (Wildman–Crippen MR) is 39.1 cm³/mol. The second kappa shape index (κ2) is 2.35. The summed E-state index contributed by atoms with van der Waals surface area (Å²) in [7, 11) is 0. The van der Waals surface area contributed by atoms with Gasteiger partial charge in [-0.3, -0.25) is 0 Å². The lowest BCUT2D eigenvalue weighted by Gasteiger charge is -1.89. The van der Waals surface area contributed by atoms with Crippen LogP contribution in [0.5, 0.6) is 0 Å². The van der Waals surface area contributed by atoms with E-state index in [0.29, 0.717) is 5.76 Å². The zero-order chi connectivity index (χ0) is 6.69. The van der Waals surface area contributed by atoms with Gasteiger partial charge in [0.2, 0.25) is 0 Å². The number of rotatable bonds is 1. The quantitative estimate of drug-likeness (QED) is 0.396. The molecule has 0 amide bonds. The van der Waals surface area contributed by atoms with Crippen molar-refractivity contribution in [3.8, 4) is 0 Å². The maximum Gasteiger partial charge on any atom is 0.253 e. The van der Waals surface area contributed by atoms with Crippen LogP contribution in [-0.2, 0) is 0 Å². The molecule has 0 bridgehead atoms. The smallest absolute Gasteiger partial charge is 0.253 e. The first kappa shape index (κ1) is 5.89. The fourth-order valence-electron chi connectivity index (χ4n) is 0.639. The minimum absolute atomic E-state index is 0.371. The molecule has 1 heteroatoms. The average Bonchev–Trinajstić information content (AvgIpc) is 1.90. The van der Waals surface area contributed by atoms with Crippen LogP contribution in [0.1, 0.15) is 5.56 Å². The van der Waals surface area contributed by atoms with Gasteiger partial charge in [-0.2, -0.15) is 0 Å². The molecule has 0 radical (unpaired) electrons. The van der Waals surface area contributed by atoms with Crippen LogP contribution in [0.15, 0.2) is 36.9 Å². The highest BCUT2D eigenvalue weighted by molar-refractivity contribution is 5.55. The molecule has 1 aromatic rings. The van der Waals surface area contributed by atoms with Gasteiger partial charge in [-0.1, -0.05) is 18.2 Å². The van der Waals surface area contributed by atoms with Crippen molar-refractivity contribution in [2.24, 2.45) is 0 Å². The molecular formula is C8H9O+. The summed E-state index contributed by atoms with van der Waals surface area (Å²) in [6.07, 6.45) is 0. The third kappa shape index (κ3) is 1.32. The highest BCUT2D eigenvalue weighted by Gasteiger charge is 1.94. The van der Waals surface area contributed by atoms with E-state index in [1.54, 1.807) is 0 Å². The van der Waals surface area contributed by atoms with Crippen molar-refractivity contribution in [2.75, 3.05) is 0 Å². The van der Waals surface area contributed by atoms with Gasteiger partial charge in [0.25, 0.3) is 5.76 Å². The fourth-order valence-corrected chi connectivity index (χ4v) is 0.639. The molecule has 0 fully saturated rings. The lowest BCUT2D eigenvalue weighted by molar-refractivity contribution is 0.514. The maximum absolute atomic E-state index is 7.12. The number of hydrogen-bond acceptors (Lipinski definition) is 0. The van der Waals surface area contributed by atoms with Crippen LogP contribution >= 0.6 is 0 Å². The minimum Gasteiger partial charge on any atom is -0.593 e. The minimum atomic E-state index is 0.371. The largest absolute Gasteiger partial charge is 0.593 e. The standard InChI is InChI=1S/C8H8O/c1-7(9)8-5-3-2-4-6-8/h2-6,9H,1H2/p+1. The summed E-state index contributed by atoms with van der Waals surface area (Å²) < 4.78 is 0. The maximum atomic E-state index is 7.12. The molecule has 46 valence electrons. The summed E-state index contributed by atoms with van der Waals surface area (Å²) in [5, 5.41) is 7.12. The fraction of sp³-hybridized carbons (Fsp3) is 0. The van der Waals surface area contributed by atoms with Crippen molar-refractivity contribution in [1.29, 1.82) is 0 Å². The van der Waals surface area contributed by atoms with Crippen LogP contribution in [-0.4, -0.2) is 5.11 Å². The van der Waals surface area contributed by atoms with Gasteiger partial charge in [0.05, 0.1) is 5.56 Å². The zero-order valence-corrected chi connectivity index (χ0v) is 5.09. The Labute approximate surface area is 54.3 Å². The zero-order valence-electron chi connectivity index (χ0n) is 5.09. The summed E-state index contributed by atoms with van der Waals surface area (Å²) in [5.74, 6) is 0.371. The molecule has 0 saturated heterocycles. The highest BCUT2D eigenvalue weighted by atomic mass is 16.3. The van der Waals surface area contributed by atoms with Crippen LogP contribution in [0.25, 0.3) is 5.76 Å². The van der Waals surface area contributed by atoms with Crippen LogP contribution in [0.4, 0.5) is 0 Å². The Morgan fingerprint density at radius 1 is 1.22 bits per heavy atom. The van der Waals surface area contributed by atoms with Gasteiger partial charge in [-0.05, 0) is 18.7 Å². The predicted octanol–water partition coefficient (Wildman–Crippen LogP) is 1.38. The molecular weight excluding hydrogens is 112 g/mol. The molecule has 2 N–H and O–H groups in total. The van der Waals surface area contributed by atoms with E-state index >= 15 is 0 Å². The Balaban J connectivity index is 2.98. The first-order valence-corrected chi connectivity index (χ1v) is 2.76. The molecule has 0 atom stereocenters. The van der Waals surface area contributed by atoms with Gasteiger partial charge in [0.15, 0.2) is 0 Å². The van der Waals surface area contributed by atoms with E-state index in [0.717, 1.165) is 5.56 Å². The van der Waals surface area contributed by atoms with E-state index in [2.05, 4.69) is 6.58 Å². The van der Waals surface area contributed by atoms with Gasteiger partial charge >= 0.3 is 0 Å². The first-order chi connectivity index (χ1) is 4.30. The molecule has 0 spiro atoms. The van der Waals surface area contributed by atoms with Crippen LogP contribution in [0.2, 0.25) is 0 Å². The second-order valence-corrected chi connectivity index (χ2v) is 1.84. The van der Waals surface area contributed by atoms with Crippen LogP contribution < -0.4 is 0 Å². The molecule has 0 unspecified atom stereocenters. The molecule has 0 aliphatic carbocycles. The lowest BCUT2D eigenvalue weighted by Crippen LogP contribution is -1.76. The number of hydrogen-bond donors (Lipinski definition) is 0. The van der Waals surface area contributed by atoms with Gasteiger partial charge < -0.3 is 5.11 Å². The first-order valence-electron chi connectivity index (χ1n) is 2.76. The van der Waals surface area contributed by atoms with Crippen molar-refractivity contribution in [2.45, 2.75) is 0 Å². The van der Waals surface area contributed by atoms with E-state index in [1.807, 2.05) is 30.3 Å². The summed E-state index contributed by atoms with van der Waals surface area (Å²) >= 11 is 0. The third-order valence-electron chi connectivity index (χ3n) is 1.12. The normalized spacial score (nSPS) is 8.89. The summed E-state index contributed by atoms with van der Waals surface area (Å²) in [4.78, 5) is 0. The number of benzene rings is 1. The topological polar surface area (TPSA) is 22.9 Å². The summed E-state index contributed by atoms with van der Waals surface area (Å²) in [6.45, 7) is 3.49. The molecule has 0 saturated carbocycles. The molecule has 1 nitrogen and oxygen atoms in total. The van der Waals surface area contributed by atoms with Crippen molar-refractivity contribution < 1.29 is 5.11 Å². The Kier molecular flexibility index (Phi) is 1.54. The molecule has 1 rings (SSSR count). The Bertz CT molecular complexity index is 201. The van der Waals surface area contributed by atoms with E-state index in [1.165, 1.54) is 0 Å². The van der Waals surface area contributed by atoms with Crippen molar-refractivity contribution in [3.63, 3.8) is 0 Å². The highest BCUT2D eigenvalue weighted by Crippen LogP contribution is 2.06. The third-order valence-corrected chi connectivity index (χ3v) is 1.12. The summed E-state index contributed by atoms with van der Waals surface area (Å²) in [6, 6.07) is 9.46.